The maximum Gasteiger partial charge on any atom is 0.183 e. The molecule has 2 rings (SSSR count). The summed E-state index contributed by atoms with van der Waals surface area (Å²) in [7, 11) is 1.75. The molecule has 68 valence electrons. The van der Waals surface area contributed by atoms with E-state index in [0.29, 0.717) is 11.4 Å². The van der Waals surface area contributed by atoms with E-state index in [2.05, 4.69) is 20.3 Å². The first-order valence-electron chi connectivity index (χ1n) is 3.79. The molecule has 0 aromatic carbocycles. The van der Waals surface area contributed by atoms with Gasteiger partial charge in [0.1, 0.15) is 12.4 Å². The van der Waals surface area contributed by atoms with Gasteiger partial charge in [0.15, 0.2) is 5.82 Å². The van der Waals surface area contributed by atoms with Crippen LogP contribution in [0.15, 0.2) is 18.7 Å². The molecule has 0 radical (unpaired) electrons. The van der Waals surface area contributed by atoms with Crippen molar-refractivity contribution < 1.29 is 5.11 Å². The number of nitrogens with zero attached hydrogens (tertiary/aromatic N) is 4. The molecule has 0 aliphatic rings. The lowest BCUT2D eigenvalue weighted by molar-refractivity contribution is 0.209. The highest BCUT2D eigenvalue weighted by atomic mass is 16.3. The van der Waals surface area contributed by atoms with Gasteiger partial charge in [0.25, 0.3) is 0 Å². The molecular formula is C7H9N5O. The lowest BCUT2D eigenvalue weighted by Gasteiger charge is -2.01. The predicted molar refractivity (Wildman–Crippen MR) is 43.7 cm³/mol. The molecule has 0 aliphatic heterocycles. The van der Waals surface area contributed by atoms with Gasteiger partial charge < -0.3 is 5.11 Å². The minimum atomic E-state index is -0.806. The molecule has 2 N–H and O–H groups in total. The van der Waals surface area contributed by atoms with E-state index < -0.39 is 6.10 Å². The Morgan fingerprint density at radius 1 is 1.62 bits per heavy atom. The van der Waals surface area contributed by atoms with E-state index in [9.17, 15) is 5.11 Å². The Balaban J connectivity index is 2.28. The summed E-state index contributed by atoms with van der Waals surface area (Å²) in [6.45, 7) is 0. The number of aliphatic hydroxyl groups is 1. The monoisotopic (exact) mass is 179 g/mol. The molecule has 1 atom stereocenters. The van der Waals surface area contributed by atoms with Crippen LogP contribution in [0.4, 0.5) is 0 Å². The van der Waals surface area contributed by atoms with E-state index in [4.69, 9.17) is 0 Å². The molecule has 2 heterocycles. The van der Waals surface area contributed by atoms with Crippen molar-refractivity contribution in [2.75, 3.05) is 0 Å². The van der Waals surface area contributed by atoms with Gasteiger partial charge in [0.2, 0.25) is 0 Å². The van der Waals surface area contributed by atoms with Crippen LogP contribution in [0.1, 0.15) is 17.5 Å². The van der Waals surface area contributed by atoms with Crippen molar-refractivity contribution in [3.8, 4) is 0 Å². The van der Waals surface area contributed by atoms with Gasteiger partial charge in [-0.3, -0.25) is 9.78 Å². The van der Waals surface area contributed by atoms with E-state index in [0.717, 1.165) is 0 Å². The maximum atomic E-state index is 9.70. The fraction of sp³-hybridized carbons (Fsp3) is 0.286. The van der Waals surface area contributed by atoms with Crippen LogP contribution in [0.3, 0.4) is 0 Å². The summed E-state index contributed by atoms with van der Waals surface area (Å²) in [6.07, 6.45) is 3.89. The lowest BCUT2D eigenvalue weighted by atomic mass is 10.2. The van der Waals surface area contributed by atoms with Gasteiger partial charge in [-0.25, -0.2) is 4.98 Å². The average molecular weight is 179 g/mol. The van der Waals surface area contributed by atoms with Crippen molar-refractivity contribution in [3.05, 3.63) is 30.1 Å². The van der Waals surface area contributed by atoms with Gasteiger partial charge in [-0.05, 0) is 0 Å². The quantitative estimate of drug-likeness (QED) is 0.658. The Morgan fingerprint density at radius 3 is 3.00 bits per heavy atom. The summed E-state index contributed by atoms with van der Waals surface area (Å²) in [4.78, 5) is 3.93. The number of H-pyrrole nitrogens is 1. The molecular weight excluding hydrogens is 170 g/mol. The summed E-state index contributed by atoms with van der Waals surface area (Å²) >= 11 is 0. The molecule has 6 heteroatoms. The zero-order valence-electron chi connectivity index (χ0n) is 7.05. The number of hydrogen-bond acceptors (Lipinski definition) is 4. The van der Waals surface area contributed by atoms with E-state index in [1.54, 1.807) is 30.5 Å². The number of aliphatic hydroxyl groups excluding tert-OH is 1. The Labute approximate surface area is 74.2 Å². The van der Waals surface area contributed by atoms with Crippen LogP contribution < -0.4 is 0 Å². The van der Waals surface area contributed by atoms with Crippen LogP contribution in [0.25, 0.3) is 0 Å². The molecule has 0 bridgehead atoms. The van der Waals surface area contributed by atoms with Crippen molar-refractivity contribution in [3.63, 3.8) is 0 Å². The molecule has 0 fully saturated rings. The molecule has 6 nitrogen and oxygen atoms in total. The second-order valence-corrected chi connectivity index (χ2v) is 2.71. The number of aryl methyl sites for hydroxylation is 1. The van der Waals surface area contributed by atoms with E-state index in [1.165, 1.54) is 0 Å². The van der Waals surface area contributed by atoms with Crippen LogP contribution in [0.2, 0.25) is 0 Å². The highest BCUT2D eigenvalue weighted by molar-refractivity contribution is 5.14. The third-order valence-corrected chi connectivity index (χ3v) is 1.70. The fourth-order valence-electron chi connectivity index (χ4n) is 1.04. The van der Waals surface area contributed by atoms with E-state index >= 15 is 0 Å². The molecule has 2 aromatic rings. The van der Waals surface area contributed by atoms with Crippen molar-refractivity contribution in [1.29, 1.82) is 0 Å². The molecule has 0 amide bonds. The largest absolute Gasteiger partial charge is 0.380 e. The number of rotatable bonds is 2. The Kier molecular flexibility index (Phi) is 1.82. The fourth-order valence-corrected chi connectivity index (χ4v) is 1.04. The standard InChI is InChI=1S/C7H9N5O/c1-12-4-8-7(11-12)6(13)5-2-9-10-3-5/h2-4,6,13H,1H3,(H,9,10). The number of aromatic nitrogens is 5. The van der Waals surface area contributed by atoms with Crippen LogP contribution in [0.5, 0.6) is 0 Å². The Hall–Kier alpha value is -1.69. The zero-order chi connectivity index (χ0) is 9.26. The summed E-state index contributed by atoms with van der Waals surface area (Å²) < 4.78 is 1.54. The van der Waals surface area contributed by atoms with Crippen molar-refractivity contribution >= 4 is 0 Å². The van der Waals surface area contributed by atoms with Gasteiger partial charge in [-0.2, -0.15) is 10.2 Å². The topological polar surface area (TPSA) is 79.6 Å². The minimum Gasteiger partial charge on any atom is -0.380 e. The number of aromatic amines is 1. The third kappa shape index (κ3) is 1.43. The van der Waals surface area contributed by atoms with Gasteiger partial charge in [-0.1, -0.05) is 0 Å². The van der Waals surface area contributed by atoms with E-state index in [-0.39, 0.29) is 0 Å². The van der Waals surface area contributed by atoms with Gasteiger partial charge >= 0.3 is 0 Å². The highest BCUT2D eigenvalue weighted by Gasteiger charge is 2.15. The summed E-state index contributed by atoms with van der Waals surface area (Å²) in [5.41, 5.74) is 0.659. The van der Waals surface area contributed by atoms with Crippen molar-refractivity contribution in [1.82, 2.24) is 25.0 Å². The summed E-state index contributed by atoms with van der Waals surface area (Å²) in [5.74, 6) is 0.379. The first-order chi connectivity index (χ1) is 6.27. The van der Waals surface area contributed by atoms with E-state index in [1.807, 2.05) is 0 Å². The third-order valence-electron chi connectivity index (χ3n) is 1.70. The molecule has 0 spiro atoms. The summed E-state index contributed by atoms with van der Waals surface area (Å²) in [6, 6.07) is 0. The molecule has 2 aromatic heterocycles. The molecule has 13 heavy (non-hydrogen) atoms. The smallest absolute Gasteiger partial charge is 0.183 e. The maximum absolute atomic E-state index is 9.70. The summed E-state index contributed by atoms with van der Waals surface area (Å²) in [5, 5.41) is 20.0. The van der Waals surface area contributed by atoms with Crippen LogP contribution in [-0.2, 0) is 7.05 Å². The minimum absolute atomic E-state index is 0.379. The Bertz CT molecular complexity index is 379. The molecule has 1 unspecified atom stereocenters. The van der Waals surface area contributed by atoms with Gasteiger partial charge in [-0.15, -0.1) is 0 Å². The highest BCUT2D eigenvalue weighted by Crippen LogP contribution is 2.15. The van der Waals surface area contributed by atoms with Gasteiger partial charge in [0.05, 0.1) is 6.20 Å². The van der Waals surface area contributed by atoms with Crippen LogP contribution in [-0.4, -0.2) is 30.1 Å². The van der Waals surface area contributed by atoms with Crippen molar-refractivity contribution in [2.24, 2.45) is 7.05 Å². The zero-order valence-corrected chi connectivity index (χ0v) is 7.05. The second kappa shape index (κ2) is 2.98. The molecule has 0 saturated heterocycles. The number of hydrogen-bond donors (Lipinski definition) is 2. The normalized spacial score (nSPS) is 13.1. The lowest BCUT2D eigenvalue weighted by Crippen LogP contribution is -2.01. The SMILES string of the molecule is Cn1cnc(C(O)c2cn[nH]c2)n1. The average Bonchev–Trinajstić information content (AvgIpc) is 2.72. The first-order valence-corrected chi connectivity index (χ1v) is 3.79. The molecule has 0 aliphatic carbocycles. The first kappa shape index (κ1) is 7.93. The second-order valence-electron chi connectivity index (χ2n) is 2.71. The van der Waals surface area contributed by atoms with Crippen LogP contribution in [0, 0.1) is 0 Å². The number of nitrogens with one attached hydrogen (secondary N) is 1. The molecule has 0 saturated carbocycles. The van der Waals surface area contributed by atoms with Crippen LogP contribution >= 0.6 is 0 Å². The van der Waals surface area contributed by atoms with Crippen molar-refractivity contribution in [2.45, 2.75) is 6.10 Å². The Morgan fingerprint density at radius 2 is 2.46 bits per heavy atom. The predicted octanol–water partition coefficient (Wildman–Crippen LogP) is -0.380. The van der Waals surface area contributed by atoms with Gasteiger partial charge in [0, 0.05) is 18.8 Å².